The molecular weight excluding hydrogens is 264 g/mol. The fourth-order valence-electron chi connectivity index (χ4n) is 2.69. The van der Waals surface area contributed by atoms with E-state index in [0.717, 1.165) is 37.1 Å². The molecule has 3 rings (SSSR count). The van der Waals surface area contributed by atoms with Crippen LogP contribution in [0, 0.1) is 5.92 Å². The lowest BCUT2D eigenvalue weighted by atomic mass is 10.2. The molecule has 1 aromatic rings. The van der Waals surface area contributed by atoms with Crippen molar-refractivity contribution in [3.63, 3.8) is 0 Å². The van der Waals surface area contributed by atoms with Gasteiger partial charge < -0.3 is 15.0 Å². The van der Waals surface area contributed by atoms with Crippen LogP contribution in [0.2, 0.25) is 0 Å². The van der Waals surface area contributed by atoms with Gasteiger partial charge in [0.2, 0.25) is 0 Å². The monoisotopic (exact) mass is 290 g/mol. The zero-order valence-corrected chi connectivity index (χ0v) is 13.1. The Balaban J connectivity index is 1.62. The molecule has 2 aliphatic carbocycles. The van der Waals surface area contributed by atoms with Gasteiger partial charge in [0.05, 0.1) is 12.3 Å². The summed E-state index contributed by atoms with van der Waals surface area (Å²) in [7, 11) is 1.75. The molecule has 0 spiro atoms. The molecule has 21 heavy (non-hydrogen) atoms. The van der Waals surface area contributed by atoms with Crippen LogP contribution in [0.5, 0.6) is 0 Å². The SMILES string of the molecule is COCCN(c1ccc(CNC2CC2)nn1)C(C)C1CC1. The molecule has 1 aromatic heterocycles. The number of anilines is 1. The van der Waals surface area contributed by atoms with E-state index >= 15 is 0 Å². The Hall–Kier alpha value is -1.20. The predicted octanol–water partition coefficient (Wildman–Crippen LogP) is 1.98. The lowest BCUT2D eigenvalue weighted by Gasteiger charge is -2.29. The molecule has 5 heteroatoms. The van der Waals surface area contributed by atoms with Gasteiger partial charge in [-0.25, -0.2) is 0 Å². The van der Waals surface area contributed by atoms with Gasteiger partial charge in [-0.2, -0.15) is 5.10 Å². The Kier molecular flexibility index (Phi) is 4.70. The minimum absolute atomic E-state index is 0.518. The van der Waals surface area contributed by atoms with Crippen molar-refractivity contribution in [1.29, 1.82) is 0 Å². The molecular formula is C16H26N4O. The second-order valence-corrected chi connectivity index (χ2v) is 6.30. The van der Waals surface area contributed by atoms with E-state index in [1.165, 1.54) is 25.7 Å². The van der Waals surface area contributed by atoms with Crippen molar-refractivity contribution in [3.05, 3.63) is 17.8 Å². The van der Waals surface area contributed by atoms with Gasteiger partial charge in [0.25, 0.3) is 0 Å². The first-order valence-corrected chi connectivity index (χ1v) is 8.09. The first-order valence-electron chi connectivity index (χ1n) is 8.09. The molecule has 2 aliphatic rings. The lowest BCUT2D eigenvalue weighted by molar-refractivity contribution is 0.202. The van der Waals surface area contributed by atoms with E-state index in [2.05, 4.69) is 39.5 Å². The van der Waals surface area contributed by atoms with Gasteiger partial charge in [0, 0.05) is 32.3 Å². The normalized spacial score (nSPS) is 19.5. The Bertz CT molecular complexity index is 442. The highest BCUT2D eigenvalue weighted by molar-refractivity contribution is 5.39. The maximum Gasteiger partial charge on any atom is 0.151 e. The standard InChI is InChI=1S/C16H26N4O/c1-12(13-3-4-13)20(9-10-21-2)16-8-7-15(18-19-16)11-17-14-5-6-14/h7-8,12-14,17H,3-6,9-11H2,1-2H3. The van der Waals surface area contributed by atoms with Crippen LogP contribution in [0.3, 0.4) is 0 Å². The average molecular weight is 290 g/mol. The Labute approximate surface area is 127 Å². The summed E-state index contributed by atoms with van der Waals surface area (Å²) in [6.45, 7) is 4.72. The first-order chi connectivity index (χ1) is 10.3. The molecule has 1 N–H and O–H groups in total. The third kappa shape index (κ3) is 4.14. The molecule has 0 bridgehead atoms. The molecule has 0 saturated heterocycles. The summed E-state index contributed by atoms with van der Waals surface area (Å²) in [5.41, 5.74) is 1.02. The maximum absolute atomic E-state index is 5.24. The highest BCUT2D eigenvalue weighted by atomic mass is 16.5. The fourth-order valence-corrected chi connectivity index (χ4v) is 2.69. The number of ether oxygens (including phenoxy) is 1. The van der Waals surface area contributed by atoms with Crippen molar-refractivity contribution in [2.45, 2.75) is 51.2 Å². The summed E-state index contributed by atoms with van der Waals surface area (Å²) in [6, 6.07) is 5.42. The number of nitrogens with zero attached hydrogens (tertiary/aromatic N) is 3. The van der Waals surface area contributed by atoms with Crippen LogP contribution in [0.4, 0.5) is 5.82 Å². The molecule has 2 saturated carbocycles. The van der Waals surface area contributed by atoms with Crippen LogP contribution in [0.1, 0.15) is 38.3 Å². The van der Waals surface area contributed by atoms with Gasteiger partial charge in [0.1, 0.15) is 0 Å². The van der Waals surface area contributed by atoms with Crippen molar-refractivity contribution >= 4 is 5.82 Å². The van der Waals surface area contributed by atoms with Gasteiger partial charge in [-0.3, -0.25) is 0 Å². The highest BCUT2D eigenvalue weighted by Gasteiger charge is 2.32. The van der Waals surface area contributed by atoms with E-state index in [4.69, 9.17) is 4.74 Å². The fraction of sp³-hybridized carbons (Fsp3) is 0.750. The molecule has 1 unspecified atom stereocenters. The summed E-state index contributed by atoms with van der Waals surface area (Å²) in [6.07, 6.45) is 5.27. The zero-order chi connectivity index (χ0) is 14.7. The van der Waals surface area contributed by atoms with Crippen molar-refractivity contribution in [2.75, 3.05) is 25.2 Å². The second kappa shape index (κ2) is 6.71. The summed E-state index contributed by atoms with van der Waals surface area (Å²) < 4.78 is 5.24. The largest absolute Gasteiger partial charge is 0.383 e. The van der Waals surface area contributed by atoms with E-state index < -0.39 is 0 Å². The summed E-state index contributed by atoms with van der Waals surface area (Å²) in [4.78, 5) is 2.34. The minimum atomic E-state index is 0.518. The third-order valence-electron chi connectivity index (χ3n) is 4.48. The molecule has 0 aromatic carbocycles. The Morgan fingerprint density at radius 2 is 2.10 bits per heavy atom. The van der Waals surface area contributed by atoms with E-state index in [1.54, 1.807) is 7.11 Å². The molecule has 0 aliphatic heterocycles. The number of methoxy groups -OCH3 is 1. The molecule has 0 radical (unpaired) electrons. The van der Waals surface area contributed by atoms with Crippen molar-refractivity contribution in [1.82, 2.24) is 15.5 Å². The van der Waals surface area contributed by atoms with Crippen LogP contribution in [-0.4, -0.2) is 42.5 Å². The maximum atomic E-state index is 5.24. The van der Waals surface area contributed by atoms with Crippen LogP contribution in [0.25, 0.3) is 0 Å². The second-order valence-electron chi connectivity index (χ2n) is 6.30. The molecule has 2 fully saturated rings. The summed E-state index contributed by atoms with van der Waals surface area (Å²) >= 11 is 0. The van der Waals surface area contributed by atoms with Crippen molar-refractivity contribution in [3.8, 4) is 0 Å². The van der Waals surface area contributed by atoms with Crippen LogP contribution < -0.4 is 10.2 Å². The molecule has 1 atom stereocenters. The topological polar surface area (TPSA) is 50.3 Å². The van der Waals surface area contributed by atoms with Gasteiger partial charge >= 0.3 is 0 Å². The minimum Gasteiger partial charge on any atom is -0.383 e. The molecule has 0 amide bonds. The molecule has 1 heterocycles. The van der Waals surface area contributed by atoms with Gasteiger partial charge in [-0.15, -0.1) is 5.10 Å². The van der Waals surface area contributed by atoms with Gasteiger partial charge in [-0.05, 0) is 50.7 Å². The predicted molar refractivity (Wildman–Crippen MR) is 83.3 cm³/mol. The van der Waals surface area contributed by atoms with Crippen LogP contribution in [-0.2, 0) is 11.3 Å². The molecule has 116 valence electrons. The number of hydrogen-bond acceptors (Lipinski definition) is 5. The number of hydrogen-bond donors (Lipinski definition) is 1. The highest BCUT2D eigenvalue weighted by Crippen LogP contribution is 2.36. The van der Waals surface area contributed by atoms with Gasteiger partial charge in [-0.1, -0.05) is 0 Å². The summed E-state index contributed by atoms with van der Waals surface area (Å²) in [5.74, 6) is 1.78. The first kappa shape index (κ1) is 14.7. The van der Waals surface area contributed by atoms with E-state index in [0.29, 0.717) is 12.1 Å². The zero-order valence-electron chi connectivity index (χ0n) is 13.1. The Morgan fingerprint density at radius 3 is 2.67 bits per heavy atom. The lowest BCUT2D eigenvalue weighted by Crippen LogP contribution is -2.38. The summed E-state index contributed by atoms with van der Waals surface area (Å²) in [5, 5.41) is 12.3. The smallest absolute Gasteiger partial charge is 0.151 e. The third-order valence-corrected chi connectivity index (χ3v) is 4.48. The van der Waals surface area contributed by atoms with E-state index in [9.17, 15) is 0 Å². The van der Waals surface area contributed by atoms with Crippen LogP contribution >= 0.6 is 0 Å². The van der Waals surface area contributed by atoms with Crippen LogP contribution in [0.15, 0.2) is 12.1 Å². The number of rotatable bonds is 9. The average Bonchev–Trinajstić information content (AvgIpc) is 3.40. The quantitative estimate of drug-likeness (QED) is 0.753. The number of aromatic nitrogens is 2. The van der Waals surface area contributed by atoms with Crippen molar-refractivity contribution < 1.29 is 4.74 Å². The van der Waals surface area contributed by atoms with Gasteiger partial charge in [0.15, 0.2) is 5.82 Å². The number of nitrogens with one attached hydrogen (secondary N) is 1. The molecule has 5 nitrogen and oxygen atoms in total. The van der Waals surface area contributed by atoms with Crippen molar-refractivity contribution in [2.24, 2.45) is 5.92 Å². The Morgan fingerprint density at radius 1 is 1.29 bits per heavy atom. The van der Waals surface area contributed by atoms with E-state index in [-0.39, 0.29) is 0 Å². The van der Waals surface area contributed by atoms with E-state index in [1.807, 2.05) is 0 Å².